The van der Waals surface area contributed by atoms with Crippen LogP contribution in [0, 0.1) is 0 Å². The Balaban J connectivity index is 4.40. The van der Waals surface area contributed by atoms with Crippen molar-refractivity contribution in [3.63, 3.8) is 0 Å². The molecule has 0 aliphatic rings. The van der Waals surface area contributed by atoms with Crippen molar-refractivity contribution < 1.29 is 28.6 Å². The first-order chi connectivity index (χ1) is 40.5. The Hall–Kier alpha value is -3.67. The fourth-order valence-electron chi connectivity index (χ4n) is 10.1. The number of esters is 3. The summed E-state index contributed by atoms with van der Waals surface area (Å²) in [5, 5.41) is 0. The largest absolute Gasteiger partial charge is 0.462 e. The fraction of sp³-hybridized carbons (Fsp3) is 0.750. The van der Waals surface area contributed by atoms with E-state index in [0.29, 0.717) is 19.3 Å². The van der Waals surface area contributed by atoms with Crippen molar-refractivity contribution >= 4 is 17.9 Å². The molecule has 0 aromatic carbocycles. The molecule has 0 saturated carbocycles. The fourth-order valence-corrected chi connectivity index (χ4v) is 10.1. The van der Waals surface area contributed by atoms with Gasteiger partial charge in [-0.3, -0.25) is 14.4 Å². The molecule has 0 rings (SSSR count). The molecule has 0 aromatic rings. The van der Waals surface area contributed by atoms with Gasteiger partial charge in [0.05, 0.1) is 0 Å². The van der Waals surface area contributed by atoms with Gasteiger partial charge in [-0.15, -0.1) is 0 Å². The average Bonchev–Trinajstić information content (AvgIpc) is 3.48. The van der Waals surface area contributed by atoms with E-state index in [9.17, 15) is 14.4 Å². The molecule has 1 unspecified atom stereocenters. The minimum atomic E-state index is -0.790. The number of ether oxygens (including phenoxy) is 3. The minimum absolute atomic E-state index is 0.0855. The molecule has 0 fully saturated rings. The topological polar surface area (TPSA) is 78.9 Å². The maximum Gasteiger partial charge on any atom is 0.306 e. The van der Waals surface area contributed by atoms with Gasteiger partial charge in [0.15, 0.2) is 6.10 Å². The number of hydrogen-bond donors (Lipinski definition) is 0. The highest BCUT2D eigenvalue weighted by molar-refractivity contribution is 5.71. The van der Waals surface area contributed by atoms with Crippen LogP contribution in [0.4, 0.5) is 0 Å². The molecule has 0 N–H and O–H groups in total. The molecule has 82 heavy (non-hydrogen) atoms. The average molecular weight is 1140 g/mol. The van der Waals surface area contributed by atoms with Crippen molar-refractivity contribution in [1.82, 2.24) is 0 Å². The van der Waals surface area contributed by atoms with Crippen LogP contribution in [0.2, 0.25) is 0 Å². The molecule has 0 spiro atoms. The molecule has 472 valence electrons. The second-order valence-corrected chi connectivity index (χ2v) is 23.4. The zero-order valence-corrected chi connectivity index (χ0v) is 54.2. The third kappa shape index (κ3) is 67.1. The summed E-state index contributed by atoms with van der Waals surface area (Å²) < 4.78 is 17.0. The van der Waals surface area contributed by atoms with E-state index in [4.69, 9.17) is 14.2 Å². The SMILES string of the molecule is CC/C=C\C/C=C\C/C=C\C/C=C\C/C=C\CCCCCCCCCC(=O)OCC(COC(=O)CCCCCCCC/C=C\C/C=C\C/C=C\CCCCC)OC(=O)CCCCCCCCCCCCCCCCCCCCCCCC. The monoisotopic (exact) mass is 1140 g/mol. The zero-order chi connectivity index (χ0) is 59.2. The Morgan fingerprint density at radius 1 is 0.256 bits per heavy atom. The van der Waals surface area contributed by atoms with Crippen LogP contribution < -0.4 is 0 Å². The summed E-state index contributed by atoms with van der Waals surface area (Å²) in [5.74, 6) is -0.889. The van der Waals surface area contributed by atoms with Gasteiger partial charge < -0.3 is 14.2 Å². The van der Waals surface area contributed by atoms with E-state index in [-0.39, 0.29) is 31.1 Å². The van der Waals surface area contributed by atoms with E-state index in [1.54, 1.807) is 0 Å². The molecule has 0 bridgehead atoms. The lowest BCUT2D eigenvalue weighted by Crippen LogP contribution is -2.30. The molecule has 0 heterocycles. The lowest BCUT2D eigenvalue weighted by Gasteiger charge is -2.18. The predicted molar refractivity (Wildman–Crippen MR) is 357 cm³/mol. The van der Waals surface area contributed by atoms with Crippen LogP contribution >= 0.6 is 0 Å². The van der Waals surface area contributed by atoms with Crippen molar-refractivity contribution in [3.8, 4) is 0 Å². The van der Waals surface area contributed by atoms with E-state index in [1.807, 2.05) is 0 Å². The van der Waals surface area contributed by atoms with E-state index in [1.165, 1.54) is 193 Å². The van der Waals surface area contributed by atoms with Gasteiger partial charge in [-0.2, -0.15) is 0 Å². The standard InChI is InChI=1S/C76H132O6/c1-4-7-10-13-16-19-22-25-28-31-34-36-38-40-42-45-48-51-54-57-60-63-66-69-75(78)81-72-73(71-80-74(77)68-65-62-59-56-53-50-47-44-41-33-30-27-24-21-18-15-12-9-6-3)82-76(79)70-67-64-61-58-55-52-49-46-43-39-37-35-32-29-26-23-20-17-14-11-8-5-2/h7,10,16,18-19,21,25,27-28,30,34,36,40-42,44,73H,4-6,8-9,11-15,17,20,22-24,26,29,31-33,35,37-39,43,45-72H2,1-3H3/b10-7-,19-16-,21-18-,28-25-,30-27-,36-34-,42-40-,44-41-. The van der Waals surface area contributed by atoms with Gasteiger partial charge in [-0.25, -0.2) is 0 Å². The smallest absolute Gasteiger partial charge is 0.306 e. The number of unbranched alkanes of at least 4 members (excludes halogenated alkanes) is 37. The van der Waals surface area contributed by atoms with Gasteiger partial charge in [-0.1, -0.05) is 323 Å². The van der Waals surface area contributed by atoms with Crippen LogP contribution in [0.1, 0.15) is 348 Å². The van der Waals surface area contributed by atoms with Gasteiger partial charge in [0, 0.05) is 19.3 Å². The summed E-state index contributed by atoms with van der Waals surface area (Å²) >= 11 is 0. The molecule has 6 nitrogen and oxygen atoms in total. The summed E-state index contributed by atoms with van der Waals surface area (Å²) in [5.41, 5.74) is 0. The van der Waals surface area contributed by atoms with Crippen LogP contribution in [0.15, 0.2) is 97.2 Å². The van der Waals surface area contributed by atoms with Gasteiger partial charge >= 0.3 is 17.9 Å². The Bertz CT molecular complexity index is 1590. The Morgan fingerprint density at radius 3 is 0.768 bits per heavy atom. The quantitative estimate of drug-likeness (QED) is 0.0261. The number of hydrogen-bond acceptors (Lipinski definition) is 6. The van der Waals surface area contributed by atoms with Crippen molar-refractivity contribution in [1.29, 1.82) is 0 Å². The lowest BCUT2D eigenvalue weighted by molar-refractivity contribution is -0.167. The van der Waals surface area contributed by atoms with Crippen LogP contribution in [0.25, 0.3) is 0 Å². The van der Waals surface area contributed by atoms with Crippen molar-refractivity contribution in [2.45, 2.75) is 354 Å². The summed E-state index contributed by atoms with van der Waals surface area (Å²) in [6.45, 7) is 6.53. The van der Waals surface area contributed by atoms with E-state index < -0.39 is 6.10 Å². The van der Waals surface area contributed by atoms with Crippen molar-refractivity contribution in [2.75, 3.05) is 13.2 Å². The van der Waals surface area contributed by atoms with E-state index >= 15 is 0 Å². The number of allylic oxidation sites excluding steroid dienone is 16. The first kappa shape index (κ1) is 78.3. The second kappa shape index (κ2) is 69.8. The summed E-state index contributed by atoms with van der Waals surface area (Å²) in [6.07, 6.45) is 94.2. The first-order valence-corrected chi connectivity index (χ1v) is 35.2. The predicted octanol–water partition coefficient (Wildman–Crippen LogP) is 24.4. The summed E-state index contributed by atoms with van der Waals surface area (Å²) in [6, 6.07) is 0. The van der Waals surface area contributed by atoms with Crippen molar-refractivity contribution in [3.05, 3.63) is 97.2 Å². The molecular weight excluding hydrogens is 1010 g/mol. The number of rotatable bonds is 64. The molecule has 0 amide bonds. The van der Waals surface area contributed by atoms with Gasteiger partial charge in [0.1, 0.15) is 13.2 Å². The lowest BCUT2D eigenvalue weighted by atomic mass is 10.0. The Morgan fingerprint density at radius 2 is 0.476 bits per heavy atom. The molecule has 0 aromatic heterocycles. The highest BCUT2D eigenvalue weighted by Gasteiger charge is 2.19. The highest BCUT2D eigenvalue weighted by atomic mass is 16.6. The molecule has 0 aliphatic carbocycles. The highest BCUT2D eigenvalue weighted by Crippen LogP contribution is 2.17. The molecule has 0 radical (unpaired) electrons. The normalized spacial score (nSPS) is 12.7. The number of carbonyl (C=O) groups is 3. The van der Waals surface area contributed by atoms with Gasteiger partial charge in [0.25, 0.3) is 0 Å². The number of carbonyl (C=O) groups excluding carboxylic acids is 3. The maximum absolute atomic E-state index is 13.0. The van der Waals surface area contributed by atoms with Crippen LogP contribution in [-0.2, 0) is 28.6 Å². The van der Waals surface area contributed by atoms with Gasteiger partial charge in [-0.05, 0) is 103 Å². The van der Waals surface area contributed by atoms with Crippen LogP contribution in [-0.4, -0.2) is 37.2 Å². The first-order valence-electron chi connectivity index (χ1n) is 35.2. The zero-order valence-electron chi connectivity index (χ0n) is 54.2. The van der Waals surface area contributed by atoms with E-state index in [0.717, 1.165) is 116 Å². The van der Waals surface area contributed by atoms with E-state index in [2.05, 4.69) is 118 Å². The third-order valence-electron chi connectivity index (χ3n) is 15.3. The molecule has 1 atom stereocenters. The third-order valence-corrected chi connectivity index (χ3v) is 15.3. The molecular formula is C76H132O6. The van der Waals surface area contributed by atoms with Crippen LogP contribution in [0.5, 0.6) is 0 Å². The van der Waals surface area contributed by atoms with Crippen LogP contribution in [0.3, 0.4) is 0 Å². The maximum atomic E-state index is 13.0. The molecule has 0 saturated heterocycles. The Kier molecular flexibility index (Phi) is 66.7. The summed E-state index contributed by atoms with van der Waals surface area (Å²) in [7, 11) is 0. The summed E-state index contributed by atoms with van der Waals surface area (Å²) in [4.78, 5) is 38.5. The van der Waals surface area contributed by atoms with Crippen molar-refractivity contribution in [2.24, 2.45) is 0 Å². The Labute approximate surface area is 508 Å². The molecule has 0 aliphatic heterocycles. The molecule has 6 heteroatoms. The van der Waals surface area contributed by atoms with Gasteiger partial charge in [0.2, 0.25) is 0 Å². The minimum Gasteiger partial charge on any atom is -0.462 e. The second-order valence-electron chi connectivity index (χ2n) is 23.4.